The molecular weight excluding hydrogens is 714 g/mol. The van der Waals surface area contributed by atoms with Gasteiger partial charge in [-0.15, -0.1) is 0 Å². The third kappa shape index (κ3) is 10.4. The molecule has 0 N–H and O–H groups in total. The summed E-state index contributed by atoms with van der Waals surface area (Å²) in [5, 5.41) is 0.531. The molecule has 0 bridgehead atoms. The van der Waals surface area contributed by atoms with Crippen molar-refractivity contribution in [3.05, 3.63) is 60.6 Å². The lowest BCUT2D eigenvalue weighted by Gasteiger charge is -2.36. The number of rotatable bonds is 7. The van der Waals surface area contributed by atoms with E-state index in [9.17, 15) is 8.78 Å². The maximum Gasteiger partial charge on any atom is 0.192 e. The van der Waals surface area contributed by atoms with Crippen molar-refractivity contribution in [2.45, 2.75) is 91.0 Å². The Balaban J connectivity index is 0.000000296. The van der Waals surface area contributed by atoms with Crippen LogP contribution in [0.5, 0.6) is 0 Å². The topological polar surface area (TPSA) is 30.9 Å². The van der Waals surface area contributed by atoms with Gasteiger partial charge < -0.3 is 18.5 Å². The van der Waals surface area contributed by atoms with Gasteiger partial charge in [0, 0.05) is 33.5 Å². The molecule has 0 saturated carbocycles. The molecule has 0 amide bonds. The summed E-state index contributed by atoms with van der Waals surface area (Å²) >= 11 is 14.1. The van der Waals surface area contributed by atoms with Gasteiger partial charge >= 0.3 is 0 Å². The molecule has 0 atom stereocenters. The molecule has 41 heavy (non-hydrogen) atoms. The Kier molecular flexibility index (Phi) is 13.2. The smallest absolute Gasteiger partial charge is 0.192 e. The Morgan fingerprint density at radius 2 is 1.20 bits per heavy atom. The molecular formula is C30H46Cl2F2INO3Si2. The van der Waals surface area contributed by atoms with E-state index in [4.69, 9.17) is 36.8 Å². The third-order valence-corrected chi connectivity index (χ3v) is 18.5. The zero-order valence-corrected chi connectivity index (χ0v) is 31.8. The van der Waals surface area contributed by atoms with Crippen molar-refractivity contribution < 1.29 is 22.4 Å². The van der Waals surface area contributed by atoms with Crippen molar-refractivity contribution >= 4 is 68.1 Å². The number of halogens is 5. The fourth-order valence-corrected chi connectivity index (χ4v) is 6.65. The van der Waals surface area contributed by atoms with Crippen LogP contribution in [-0.4, -0.2) is 42.9 Å². The minimum Gasteiger partial charge on any atom is -0.412 e. The fourth-order valence-electron chi connectivity index (χ4n) is 3.40. The van der Waals surface area contributed by atoms with Crippen LogP contribution in [0.15, 0.2) is 24.3 Å². The normalized spacial score (nSPS) is 15.0. The van der Waals surface area contributed by atoms with E-state index in [-0.39, 0.29) is 38.4 Å². The highest BCUT2D eigenvalue weighted by atomic mass is 127. The maximum absolute atomic E-state index is 14.4. The standard InChI is InChI=1S/C17H27ClFNO2Si.C13H19ClFIOSi/c1-17(2,3)23(4,5)22-12-13-10-14(11-15(18)16(13)19)20-6-8-21-9-7-20;1-13(2,3)18(4,5)17-8-9-6-10(16)7-11(14)12(9)15/h10-11H,6-9,12H2,1-5H3;6-7H,8H2,1-5H3. The van der Waals surface area contributed by atoms with Gasteiger partial charge in [-0.25, -0.2) is 8.78 Å². The van der Waals surface area contributed by atoms with Gasteiger partial charge in [-0.1, -0.05) is 64.7 Å². The summed E-state index contributed by atoms with van der Waals surface area (Å²) in [6, 6.07) is 6.96. The summed E-state index contributed by atoms with van der Waals surface area (Å²) in [7, 11) is -3.79. The Morgan fingerprint density at radius 3 is 1.63 bits per heavy atom. The lowest BCUT2D eigenvalue weighted by Crippen LogP contribution is -2.40. The van der Waals surface area contributed by atoms with E-state index in [0.29, 0.717) is 30.9 Å². The molecule has 2 aromatic carbocycles. The zero-order chi connectivity index (χ0) is 31.4. The summed E-state index contributed by atoms with van der Waals surface area (Å²) in [5.74, 6) is -0.738. The molecule has 1 fully saturated rings. The van der Waals surface area contributed by atoms with Gasteiger partial charge in [0.25, 0.3) is 0 Å². The first-order valence-electron chi connectivity index (χ1n) is 13.9. The molecule has 0 spiro atoms. The molecule has 1 aliphatic heterocycles. The number of nitrogens with zero attached hydrogens (tertiary/aromatic N) is 1. The van der Waals surface area contributed by atoms with Crippen molar-refractivity contribution in [3.63, 3.8) is 0 Å². The molecule has 0 unspecified atom stereocenters. The summed E-state index contributed by atoms with van der Waals surface area (Å²) in [4.78, 5) is 2.17. The molecule has 0 aromatic heterocycles. The van der Waals surface area contributed by atoms with Crippen molar-refractivity contribution in [2.24, 2.45) is 0 Å². The van der Waals surface area contributed by atoms with Crippen LogP contribution < -0.4 is 4.90 Å². The van der Waals surface area contributed by atoms with E-state index in [1.54, 1.807) is 18.2 Å². The highest BCUT2D eigenvalue weighted by molar-refractivity contribution is 14.1. The van der Waals surface area contributed by atoms with Crippen LogP contribution in [0, 0.1) is 15.2 Å². The first kappa shape index (κ1) is 36.9. The van der Waals surface area contributed by atoms with Crippen LogP contribution in [0.3, 0.4) is 0 Å². The second kappa shape index (κ2) is 14.7. The van der Waals surface area contributed by atoms with Crippen molar-refractivity contribution in [2.75, 3.05) is 31.2 Å². The molecule has 3 rings (SSSR count). The second-order valence-corrected chi connectivity index (χ2v) is 25.1. The number of ether oxygens (including phenoxy) is 1. The second-order valence-electron chi connectivity index (χ2n) is 13.5. The molecule has 11 heteroatoms. The van der Waals surface area contributed by atoms with E-state index in [1.165, 1.54) is 0 Å². The highest BCUT2D eigenvalue weighted by Gasteiger charge is 2.38. The van der Waals surface area contributed by atoms with Gasteiger partial charge in [0.15, 0.2) is 16.6 Å². The van der Waals surface area contributed by atoms with Crippen LogP contribution in [-0.2, 0) is 26.8 Å². The molecule has 4 nitrogen and oxygen atoms in total. The van der Waals surface area contributed by atoms with Crippen LogP contribution in [0.25, 0.3) is 0 Å². The predicted octanol–water partition coefficient (Wildman–Crippen LogP) is 10.4. The lowest BCUT2D eigenvalue weighted by molar-refractivity contribution is 0.122. The van der Waals surface area contributed by atoms with Crippen molar-refractivity contribution in [1.29, 1.82) is 0 Å². The molecule has 1 heterocycles. The minimum atomic E-state index is -1.93. The fraction of sp³-hybridized carbons (Fsp3) is 0.600. The van der Waals surface area contributed by atoms with E-state index in [0.717, 1.165) is 22.3 Å². The third-order valence-electron chi connectivity index (χ3n) is 8.32. The number of hydrogen-bond acceptors (Lipinski definition) is 4. The van der Waals surface area contributed by atoms with Crippen LogP contribution in [0.2, 0.25) is 46.3 Å². The van der Waals surface area contributed by atoms with Crippen LogP contribution in [0.4, 0.5) is 14.5 Å². The summed E-state index contributed by atoms with van der Waals surface area (Å²) < 4.78 is 46.7. The van der Waals surface area contributed by atoms with Crippen LogP contribution >= 0.6 is 45.8 Å². The summed E-state index contributed by atoms with van der Waals surface area (Å²) in [6.45, 7) is 25.2. The van der Waals surface area contributed by atoms with Crippen molar-refractivity contribution in [3.8, 4) is 0 Å². The number of morpholine rings is 1. The first-order valence-corrected chi connectivity index (χ1v) is 21.5. The molecule has 1 saturated heterocycles. The SMILES string of the molecule is CC(C)(C)[Si](C)(C)OCc1cc(I)cc(Cl)c1F.CC(C)(C)[Si](C)(C)OCc1cc(N2CCOCC2)cc(Cl)c1F. The van der Waals surface area contributed by atoms with Gasteiger partial charge in [-0.05, 0) is 83.1 Å². The molecule has 2 aromatic rings. The number of benzene rings is 2. The van der Waals surface area contributed by atoms with E-state index in [2.05, 4.69) is 95.2 Å². The quantitative estimate of drug-likeness (QED) is 0.160. The highest BCUT2D eigenvalue weighted by Crippen LogP contribution is 2.39. The largest absolute Gasteiger partial charge is 0.412 e. The molecule has 0 radical (unpaired) electrons. The van der Waals surface area contributed by atoms with Crippen molar-refractivity contribution in [1.82, 2.24) is 0 Å². The summed E-state index contributed by atoms with van der Waals surface area (Å²) in [5.41, 5.74) is 2.01. The van der Waals surface area contributed by atoms with Crippen LogP contribution in [0.1, 0.15) is 52.7 Å². The van der Waals surface area contributed by atoms with Gasteiger partial charge in [0.2, 0.25) is 0 Å². The van der Waals surface area contributed by atoms with E-state index < -0.39 is 16.6 Å². The maximum atomic E-state index is 14.4. The Hall–Kier alpha value is -0.276. The molecule has 232 valence electrons. The Morgan fingerprint density at radius 1 is 0.780 bits per heavy atom. The monoisotopic (exact) mass is 759 g/mol. The van der Waals surface area contributed by atoms with Gasteiger partial charge in [-0.3, -0.25) is 0 Å². The number of hydrogen-bond donors (Lipinski definition) is 0. The first-order chi connectivity index (χ1) is 18.7. The predicted molar refractivity (Wildman–Crippen MR) is 183 cm³/mol. The van der Waals surface area contributed by atoms with Gasteiger partial charge in [0.05, 0.1) is 36.5 Å². The average molecular weight is 761 g/mol. The Bertz CT molecular complexity index is 1180. The zero-order valence-electron chi connectivity index (χ0n) is 26.1. The average Bonchev–Trinajstić information content (AvgIpc) is 2.85. The van der Waals surface area contributed by atoms with E-state index in [1.807, 2.05) is 6.07 Å². The summed E-state index contributed by atoms with van der Waals surface area (Å²) in [6.07, 6.45) is 0. The van der Waals surface area contributed by atoms with Gasteiger partial charge in [0.1, 0.15) is 11.6 Å². The minimum absolute atomic E-state index is 0.0924. The Labute approximate surface area is 271 Å². The lowest BCUT2D eigenvalue weighted by atomic mass is 10.1. The molecule has 1 aliphatic rings. The number of anilines is 1. The molecule has 0 aliphatic carbocycles. The van der Waals surface area contributed by atoms with Gasteiger partial charge in [-0.2, -0.15) is 0 Å². The van der Waals surface area contributed by atoms with E-state index >= 15 is 0 Å².